The summed E-state index contributed by atoms with van der Waals surface area (Å²) in [7, 11) is 1.56. The van der Waals surface area contributed by atoms with Gasteiger partial charge in [-0.15, -0.1) is 11.3 Å². The summed E-state index contributed by atoms with van der Waals surface area (Å²) in [5.74, 6) is 0.778. The van der Waals surface area contributed by atoms with Crippen LogP contribution >= 0.6 is 11.3 Å². The molecule has 0 aromatic carbocycles. The highest BCUT2D eigenvalue weighted by Gasteiger charge is 1.93. The van der Waals surface area contributed by atoms with Crippen molar-refractivity contribution in [2.75, 3.05) is 12.6 Å². The predicted molar refractivity (Wildman–Crippen MR) is 37.5 cm³/mol. The van der Waals surface area contributed by atoms with E-state index >= 15 is 0 Å². The van der Waals surface area contributed by atoms with Crippen LogP contribution in [0.1, 0.15) is 5.01 Å². The number of hydrogen-bond acceptors (Lipinski definition) is 4. The molecule has 0 radical (unpaired) electrons. The topological polar surface area (TPSA) is 34.1 Å². The first-order valence-electron chi connectivity index (χ1n) is 2.54. The Morgan fingerprint density at radius 3 is 3.00 bits per heavy atom. The van der Waals surface area contributed by atoms with Crippen LogP contribution in [0.4, 0.5) is 5.82 Å². The fourth-order valence-corrected chi connectivity index (χ4v) is 1.05. The minimum atomic E-state index is 0.778. The quantitative estimate of drug-likeness (QED) is 0.637. The summed E-state index contributed by atoms with van der Waals surface area (Å²) >= 11 is 1.59. The van der Waals surface area contributed by atoms with E-state index in [4.69, 9.17) is 0 Å². The highest BCUT2D eigenvalue weighted by atomic mass is 32.1. The summed E-state index contributed by atoms with van der Waals surface area (Å²) in [5, 5.41) is 2.94. The zero-order chi connectivity index (χ0) is 6.69. The molecule has 0 aliphatic carbocycles. The van der Waals surface area contributed by atoms with E-state index in [1.165, 1.54) is 0 Å². The lowest BCUT2D eigenvalue weighted by Crippen LogP contribution is -1.94. The maximum Gasteiger partial charge on any atom is 0.160 e. The molecular formula is C5H8N2OS. The molecule has 3 nitrogen and oxygen atoms in total. The van der Waals surface area contributed by atoms with E-state index in [-0.39, 0.29) is 0 Å². The predicted octanol–water partition coefficient (Wildman–Crippen LogP) is 1.42. The van der Waals surface area contributed by atoms with Gasteiger partial charge in [0, 0.05) is 5.38 Å². The first-order chi connectivity index (χ1) is 4.33. The molecule has 0 saturated carbocycles. The minimum absolute atomic E-state index is 0.778. The second-order valence-electron chi connectivity index (χ2n) is 1.56. The summed E-state index contributed by atoms with van der Waals surface area (Å²) in [4.78, 5) is 8.72. The van der Waals surface area contributed by atoms with Gasteiger partial charge in [0.2, 0.25) is 0 Å². The van der Waals surface area contributed by atoms with Crippen LogP contribution in [0.2, 0.25) is 0 Å². The van der Waals surface area contributed by atoms with Crippen LogP contribution in [0.25, 0.3) is 0 Å². The summed E-state index contributed by atoms with van der Waals surface area (Å²) in [6, 6.07) is 0. The van der Waals surface area contributed by atoms with E-state index in [0.29, 0.717) is 0 Å². The Balaban J connectivity index is 2.61. The Hall–Kier alpha value is -0.610. The van der Waals surface area contributed by atoms with E-state index in [0.717, 1.165) is 10.8 Å². The molecule has 0 atom stereocenters. The van der Waals surface area contributed by atoms with Crippen molar-refractivity contribution in [3.8, 4) is 0 Å². The van der Waals surface area contributed by atoms with E-state index < -0.39 is 0 Å². The highest BCUT2D eigenvalue weighted by Crippen LogP contribution is 2.11. The van der Waals surface area contributed by atoms with Crippen molar-refractivity contribution in [1.29, 1.82) is 0 Å². The van der Waals surface area contributed by atoms with E-state index in [9.17, 15) is 0 Å². The Morgan fingerprint density at radius 1 is 1.78 bits per heavy atom. The molecule has 1 rings (SSSR count). The summed E-state index contributed by atoms with van der Waals surface area (Å²) < 4.78 is 0. The average Bonchev–Trinajstić information content (AvgIpc) is 2.17. The van der Waals surface area contributed by atoms with Gasteiger partial charge in [-0.25, -0.2) is 10.5 Å². The third-order valence-electron chi connectivity index (χ3n) is 0.826. The van der Waals surface area contributed by atoms with Crippen LogP contribution in [0.3, 0.4) is 0 Å². The van der Waals surface area contributed by atoms with Crippen LogP contribution in [0.5, 0.6) is 0 Å². The molecular weight excluding hydrogens is 136 g/mol. The van der Waals surface area contributed by atoms with E-state index in [1.54, 1.807) is 18.4 Å². The molecule has 0 aliphatic heterocycles. The van der Waals surface area contributed by atoms with Crippen molar-refractivity contribution >= 4 is 17.2 Å². The van der Waals surface area contributed by atoms with Crippen molar-refractivity contribution in [2.45, 2.75) is 6.92 Å². The largest absolute Gasteiger partial charge is 0.278 e. The number of rotatable bonds is 2. The molecule has 0 spiro atoms. The molecule has 0 bridgehead atoms. The Labute approximate surface area is 57.6 Å². The Bertz CT molecular complexity index is 187. The number of nitrogens with zero attached hydrogens (tertiary/aromatic N) is 1. The third-order valence-corrected chi connectivity index (χ3v) is 1.60. The van der Waals surface area contributed by atoms with Gasteiger partial charge in [-0.05, 0) is 6.92 Å². The van der Waals surface area contributed by atoms with Gasteiger partial charge < -0.3 is 0 Å². The molecule has 4 heteroatoms. The van der Waals surface area contributed by atoms with E-state index in [1.807, 2.05) is 12.3 Å². The average molecular weight is 144 g/mol. The molecule has 9 heavy (non-hydrogen) atoms. The van der Waals surface area contributed by atoms with Gasteiger partial charge in [0.25, 0.3) is 0 Å². The van der Waals surface area contributed by atoms with Gasteiger partial charge >= 0.3 is 0 Å². The van der Waals surface area contributed by atoms with E-state index in [2.05, 4.69) is 15.3 Å². The number of nitrogens with one attached hydrogen (secondary N) is 1. The third kappa shape index (κ3) is 1.65. The standard InChI is InChI=1S/C5H8N2OS/c1-4-6-5(3-9-4)7-8-2/h3,7H,1-2H3. The molecule has 1 N–H and O–H groups in total. The van der Waals surface area contributed by atoms with Crippen LogP contribution in [-0.2, 0) is 4.84 Å². The molecule has 1 aromatic rings. The Kier molecular flexibility index (Phi) is 2.02. The lowest BCUT2D eigenvalue weighted by Gasteiger charge is -1.93. The SMILES string of the molecule is CONc1csc(C)n1. The van der Waals surface area contributed by atoms with Crippen molar-refractivity contribution < 1.29 is 4.84 Å². The van der Waals surface area contributed by atoms with Crippen LogP contribution in [-0.4, -0.2) is 12.1 Å². The summed E-state index contributed by atoms with van der Waals surface area (Å²) in [6.07, 6.45) is 0. The van der Waals surface area contributed by atoms with Crippen molar-refractivity contribution in [3.05, 3.63) is 10.4 Å². The van der Waals surface area contributed by atoms with Gasteiger partial charge in [0.15, 0.2) is 5.82 Å². The molecule has 1 heterocycles. The monoisotopic (exact) mass is 144 g/mol. The fraction of sp³-hybridized carbons (Fsp3) is 0.400. The van der Waals surface area contributed by atoms with Gasteiger partial charge in [-0.2, -0.15) is 0 Å². The molecule has 0 saturated heterocycles. The molecule has 1 aromatic heterocycles. The number of thiazole rings is 1. The number of aromatic nitrogens is 1. The molecule has 0 fully saturated rings. The smallest absolute Gasteiger partial charge is 0.160 e. The summed E-state index contributed by atoms with van der Waals surface area (Å²) in [5.41, 5.74) is 2.63. The maximum absolute atomic E-state index is 4.64. The second-order valence-corrected chi connectivity index (χ2v) is 2.62. The van der Waals surface area contributed by atoms with Crippen LogP contribution in [0, 0.1) is 6.92 Å². The first-order valence-corrected chi connectivity index (χ1v) is 3.42. The number of aryl methyl sites for hydroxylation is 1. The van der Waals surface area contributed by atoms with Crippen LogP contribution in [0.15, 0.2) is 5.38 Å². The van der Waals surface area contributed by atoms with Gasteiger partial charge in [0.1, 0.15) is 0 Å². The summed E-state index contributed by atoms with van der Waals surface area (Å²) in [6.45, 7) is 1.95. The maximum atomic E-state index is 4.64. The number of anilines is 1. The fourth-order valence-electron chi connectivity index (χ4n) is 0.515. The van der Waals surface area contributed by atoms with Crippen molar-refractivity contribution in [1.82, 2.24) is 4.98 Å². The number of hydrogen-bond donors (Lipinski definition) is 1. The minimum Gasteiger partial charge on any atom is -0.278 e. The normalized spacial score (nSPS) is 9.56. The molecule has 0 aliphatic rings. The molecule has 50 valence electrons. The van der Waals surface area contributed by atoms with Gasteiger partial charge in [-0.3, -0.25) is 4.84 Å². The lowest BCUT2D eigenvalue weighted by molar-refractivity contribution is 0.269. The molecule has 0 amide bonds. The zero-order valence-electron chi connectivity index (χ0n) is 5.34. The first kappa shape index (κ1) is 6.51. The highest BCUT2D eigenvalue weighted by molar-refractivity contribution is 7.09. The van der Waals surface area contributed by atoms with Crippen LogP contribution < -0.4 is 5.48 Å². The van der Waals surface area contributed by atoms with Crippen molar-refractivity contribution in [3.63, 3.8) is 0 Å². The lowest BCUT2D eigenvalue weighted by atomic mass is 10.8. The Morgan fingerprint density at radius 2 is 2.56 bits per heavy atom. The van der Waals surface area contributed by atoms with Gasteiger partial charge in [-0.1, -0.05) is 0 Å². The van der Waals surface area contributed by atoms with Gasteiger partial charge in [0.05, 0.1) is 12.1 Å². The molecule has 0 unspecified atom stereocenters. The second kappa shape index (κ2) is 2.80. The van der Waals surface area contributed by atoms with Crippen molar-refractivity contribution in [2.24, 2.45) is 0 Å². The zero-order valence-corrected chi connectivity index (χ0v) is 6.16.